The molecule has 144 valence electrons. The lowest BCUT2D eigenvalue weighted by Gasteiger charge is -2.33. The van der Waals surface area contributed by atoms with Gasteiger partial charge < -0.3 is 19.7 Å². The van der Waals surface area contributed by atoms with Gasteiger partial charge in [0.25, 0.3) is 0 Å². The molecular weight excluding hydrogens is 332 g/mol. The predicted molar refractivity (Wildman–Crippen MR) is 99.8 cm³/mol. The van der Waals surface area contributed by atoms with Crippen molar-refractivity contribution in [2.75, 3.05) is 19.6 Å². The zero-order valence-corrected chi connectivity index (χ0v) is 16.0. The highest BCUT2D eigenvalue weighted by molar-refractivity contribution is 5.68. The van der Waals surface area contributed by atoms with Crippen LogP contribution in [0.3, 0.4) is 0 Å². The van der Waals surface area contributed by atoms with Gasteiger partial charge in [-0.2, -0.15) is 0 Å². The van der Waals surface area contributed by atoms with Crippen LogP contribution in [0.15, 0.2) is 30.3 Å². The van der Waals surface area contributed by atoms with E-state index in [0.29, 0.717) is 25.6 Å². The summed E-state index contributed by atoms with van der Waals surface area (Å²) in [5, 5.41) is 2.80. The van der Waals surface area contributed by atoms with E-state index >= 15 is 0 Å². The molecule has 1 heterocycles. The standard InChI is InChI=1S/C20H30N2O4/c1-20(2,3)26-19(24)22-13-10-16(11-14-22)9-12-21-18(23)25-15-17-7-5-4-6-8-17/h4-8,16H,9-15H2,1-3H3,(H,21,23). The fraction of sp³-hybridized carbons (Fsp3) is 0.600. The molecule has 1 aliphatic rings. The molecule has 0 saturated carbocycles. The van der Waals surface area contributed by atoms with E-state index in [1.807, 2.05) is 51.1 Å². The Kier molecular flexibility index (Phi) is 7.30. The van der Waals surface area contributed by atoms with Gasteiger partial charge in [-0.15, -0.1) is 0 Å². The van der Waals surface area contributed by atoms with Crippen LogP contribution >= 0.6 is 0 Å². The normalized spacial score (nSPS) is 15.4. The number of likely N-dealkylation sites (tertiary alicyclic amines) is 1. The van der Waals surface area contributed by atoms with Crippen LogP contribution in [0.4, 0.5) is 9.59 Å². The van der Waals surface area contributed by atoms with Crippen LogP contribution in [0.25, 0.3) is 0 Å². The number of carbonyl (C=O) groups excluding carboxylic acids is 2. The molecule has 2 rings (SSSR count). The maximum atomic E-state index is 12.0. The Balaban J connectivity index is 1.58. The highest BCUT2D eigenvalue weighted by Crippen LogP contribution is 2.21. The number of benzene rings is 1. The summed E-state index contributed by atoms with van der Waals surface area (Å²) < 4.78 is 10.6. The number of nitrogens with zero attached hydrogens (tertiary/aromatic N) is 1. The molecule has 1 aromatic carbocycles. The fourth-order valence-corrected chi connectivity index (χ4v) is 2.88. The first-order chi connectivity index (χ1) is 12.3. The number of hydrogen-bond acceptors (Lipinski definition) is 4. The molecule has 6 nitrogen and oxygen atoms in total. The summed E-state index contributed by atoms with van der Waals surface area (Å²) in [6.07, 6.45) is 2.13. The highest BCUT2D eigenvalue weighted by atomic mass is 16.6. The minimum Gasteiger partial charge on any atom is -0.445 e. The molecule has 0 atom stereocenters. The first-order valence-corrected chi connectivity index (χ1v) is 9.26. The predicted octanol–water partition coefficient (Wildman–Crippen LogP) is 3.95. The first kappa shape index (κ1) is 20.1. The molecule has 1 aromatic rings. The second-order valence-electron chi connectivity index (χ2n) is 7.69. The smallest absolute Gasteiger partial charge is 0.410 e. The van der Waals surface area contributed by atoms with Gasteiger partial charge in [0.15, 0.2) is 0 Å². The lowest BCUT2D eigenvalue weighted by Crippen LogP contribution is -2.42. The van der Waals surface area contributed by atoms with E-state index in [-0.39, 0.29) is 18.8 Å². The number of ether oxygens (including phenoxy) is 2. The second kappa shape index (κ2) is 9.46. The van der Waals surface area contributed by atoms with Gasteiger partial charge in [0.1, 0.15) is 12.2 Å². The van der Waals surface area contributed by atoms with Gasteiger partial charge in [0.2, 0.25) is 0 Å². The third kappa shape index (κ3) is 7.33. The van der Waals surface area contributed by atoms with Gasteiger partial charge >= 0.3 is 12.2 Å². The first-order valence-electron chi connectivity index (χ1n) is 9.26. The summed E-state index contributed by atoms with van der Waals surface area (Å²) in [5.41, 5.74) is 0.509. The maximum Gasteiger partial charge on any atom is 0.410 e. The third-order valence-corrected chi connectivity index (χ3v) is 4.30. The van der Waals surface area contributed by atoms with Crippen LogP contribution in [0, 0.1) is 5.92 Å². The van der Waals surface area contributed by atoms with E-state index in [9.17, 15) is 9.59 Å². The van der Waals surface area contributed by atoms with E-state index in [4.69, 9.17) is 9.47 Å². The molecule has 0 spiro atoms. The second-order valence-corrected chi connectivity index (χ2v) is 7.69. The summed E-state index contributed by atoms with van der Waals surface area (Å²) >= 11 is 0. The number of piperidine rings is 1. The van der Waals surface area contributed by atoms with Gasteiger partial charge in [0, 0.05) is 19.6 Å². The number of hydrogen-bond donors (Lipinski definition) is 1. The molecule has 0 bridgehead atoms. The van der Waals surface area contributed by atoms with Gasteiger partial charge in [-0.1, -0.05) is 30.3 Å². The Hall–Kier alpha value is -2.24. The zero-order chi connectivity index (χ0) is 19.0. The van der Waals surface area contributed by atoms with Crippen molar-refractivity contribution in [1.82, 2.24) is 10.2 Å². The maximum absolute atomic E-state index is 12.0. The summed E-state index contributed by atoms with van der Waals surface area (Å²) in [4.78, 5) is 25.5. The molecule has 0 unspecified atom stereocenters. The van der Waals surface area contributed by atoms with Crippen molar-refractivity contribution < 1.29 is 19.1 Å². The Labute approximate surface area is 155 Å². The fourth-order valence-electron chi connectivity index (χ4n) is 2.88. The summed E-state index contributed by atoms with van der Waals surface area (Å²) in [7, 11) is 0. The quantitative estimate of drug-likeness (QED) is 0.861. The van der Waals surface area contributed by atoms with Crippen molar-refractivity contribution in [1.29, 1.82) is 0 Å². The number of amides is 2. The van der Waals surface area contributed by atoms with E-state index in [2.05, 4.69) is 5.32 Å². The number of rotatable bonds is 5. The summed E-state index contributed by atoms with van der Waals surface area (Å²) in [5.74, 6) is 0.503. The van der Waals surface area contributed by atoms with Crippen LogP contribution in [0.1, 0.15) is 45.6 Å². The van der Waals surface area contributed by atoms with E-state index in [0.717, 1.165) is 24.8 Å². The molecule has 0 aliphatic carbocycles. The van der Waals surface area contributed by atoms with Crippen molar-refractivity contribution in [3.63, 3.8) is 0 Å². The number of nitrogens with one attached hydrogen (secondary N) is 1. The molecule has 26 heavy (non-hydrogen) atoms. The Morgan fingerprint density at radius 3 is 2.42 bits per heavy atom. The molecular formula is C20H30N2O4. The third-order valence-electron chi connectivity index (χ3n) is 4.30. The van der Waals surface area contributed by atoms with Crippen LogP contribution in [0.2, 0.25) is 0 Å². The molecule has 6 heteroatoms. The van der Waals surface area contributed by atoms with E-state index < -0.39 is 5.60 Å². The van der Waals surface area contributed by atoms with Crippen molar-refractivity contribution >= 4 is 12.2 Å². The average molecular weight is 362 g/mol. The van der Waals surface area contributed by atoms with Crippen molar-refractivity contribution in [3.8, 4) is 0 Å². The Morgan fingerprint density at radius 2 is 1.81 bits per heavy atom. The molecule has 0 radical (unpaired) electrons. The SMILES string of the molecule is CC(C)(C)OC(=O)N1CCC(CCNC(=O)OCc2ccccc2)CC1. The lowest BCUT2D eigenvalue weighted by molar-refractivity contribution is 0.0181. The van der Waals surface area contributed by atoms with Crippen molar-refractivity contribution in [2.24, 2.45) is 5.92 Å². The molecule has 1 aliphatic heterocycles. The van der Waals surface area contributed by atoms with Crippen LogP contribution in [-0.4, -0.2) is 42.3 Å². The highest BCUT2D eigenvalue weighted by Gasteiger charge is 2.26. The molecule has 2 amide bonds. The molecule has 1 N–H and O–H groups in total. The number of alkyl carbamates (subject to hydrolysis) is 1. The average Bonchev–Trinajstić information content (AvgIpc) is 2.60. The van der Waals surface area contributed by atoms with Gasteiger partial charge in [0.05, 0.1) is 0 Å². The Morgan fingerprint density at radius 1 is 1.15 bits per heavy atom. The number of carbonyl (C=O) groups is 2. The summed E-state index contributed by atoms with van der Waals surface area (Å²) in [6, 6.07) is 9.61. The van der Waals surface area contributed by atoms with Gasteiger partial charge in [-0.3, -0.25) is 0 Å². The van der Waals surface area contributed by atoms with Crippen LogP contribution in [-0.2, 0) is 16.1 Å². The van der Waals surface area contributed by atoms with Crippen LogP contribution in [0.5, 0.6) is 0 Å². The van der Waals surface area contributed by atoms with Crippen molar-refractivity contribution in [3.05, 3.63) is 35.9 Å². The monoisotopic (exact) mass is 362 g/mol. The Bertz CT molecular complexity index is 575. The van der Waals surface area contributed by atoms with Crippen LogP contribution < -0.4 is 5.32 Å². The molecule has 1 fully saturated rings. The summed E-state index contributed by atoms with van der Waals surface area (Å²) in [6.45, 7) is 7.91. The molecule has 1 saturated heterocycles. The largest absolute Gasteiger partial charge is 0.445 e. The lowest BCUT2D eigenvalue weighted by atomic mass is 9.94. The zero-order valence-electron chi connectivity index (χ0n) is 16.0. The van der Waals surface area contributed by atoms with E-state index in [1.54, 1.807) is 4.90 Å². The van der Waals surface area contributed by atoms with Gasteiger partial charge in [-0.25, -0.2) is 9.59 Å². The van der Waals surface area contributed by atoms with Gasteiger partial charge in [-0.05, 0) is 51.5 Å². The molecule has 0 aromatic heterocycles. The topological polar surface area (TPSA) is 67.9 Å². The minimum absolute atomic E-state index is 0.237. The van der Waals surface area contributed by atoms with Crippen molar-refractivity contribution in [2.45, 2.75) is 52.2 Å². The van der Waals surface area contributed by atoms with E-state index in [1.165, 1.54) is 0 Å². The minimum atomic E-state index is -0.460.